The third kappa shape index (κ3) is 11.5. The highest BCUT2D eigenvalue weighted by Gasteiger charge is 2.31. The van der Waals surface area contributed by atoms with Gasteiger partial charge in [0.2, 0.25) is 0 Å². The number of amides is 2. The molecule has 0 saturated heterocycles. The molecule has 2 N–H and O–H groups in total. The second kappa shape index (κ2) is 16.0. The average molecular weight is 651 g/mol. The van der Waals surface area contributed by atoms with Gasteiger partial charge in [0, 0.05) is 0 Å². The van der Waals surface area contributed by atoms with Gasteiger partial charge in [-0.3, -0.25) is 0 Å². The minimum atomic E-state index is -0.746. The van der Waals surface area contributed by atoms with Crippen LogP contribution in [0.25, 0.3) is 6.08 Å². The van der Waals surface area contributed by atoms with Crippen molar-refractivity contribution in [3.63, 3.8) is 0 Å². The largest absolute Gasteiger partial charge is 0.489 e. The first-order chi connectivity index (χ1) is 22.8. The van der Waals surface area contributed by atoms with Gasteiger partial charge < -0.3 is 29.6 Å². The fourth-order valence-corrected chi connectivity index (χ4v) is 4.79. The van der Waals surface area contributed by atoms with E-state index in [4.69, 9.17) is 18.9 Å². The Hall–Kier alpha value is -5.24. The number of rotatable bonds is 12. The number of carbonyl (C=O) groups excluding carboxylic acids is 2. The molecule has 4 aromatic rings. The summed E-state index contributed by atoms with van der Waals surface area (Å²) in [6.07, 6.45) is 0.537. The molecule has 0 spiro atoms. The van der Waals surface area contributed by atoms with E-state index in [9.17, 15) is 9.59 Å². The predicted octanol–water partition coefficient (Wildman–Crippen LogP) is 9.32. The number of hydrogen-bond donors (Lipinski definition) is 2. The summed E-state index contributed by atoms with van der Waals surface area (Å²) in [4.78, 5) is 26.4. The Balaban J connectivity index is 1.62. The van der Waals surface area contributed by atoms with Crippen molar-refractivity contribution in [2.75, 3.05) is 0 Å². The quantitative estimate of drug-likeness (QED) is 0.159. The van der Waals surface area contributed by atoms with Gasteiger partial charge in [-0.2, -0.15) is 0 Å². The van der Waals surface area contributed by atoms with E-state index >= 15 is 0 Å². The number of ether oxygens (including phenoxy) is 4. The monoisotopic (exact) mass is 650 g/mol. The first-order valence-corrected chi connectivity index (χ1v) is 16.0. The molecule has 0 aromatic heterocycles. The smallest absolute Gasteiger partial charge is 0.408 e. The summed E-state index contributed by atoms with van der Waals surface area (Å²) in [7, 11) is 0. The van der Waals surface area contributed by atoms with Crippen LogP contribution < -0.4 is 20.1 Å². The Kier molecular flexibility index (Phi) is 11.9. The molecule has 0 bridgehead atoms. The molecule has 2 amide bonds. The molecule has 8 nitrogen and oxygen atoms in total. The summed E-state index contributed by atoms with van der Waals surface area (Å²) in [5, 5.41) is 5.99. The van der Waals surface area contributed by atoms with Crippen LogP contribution in [0.5, 0.6) is 11.5 Å². The Labute approximate surface area is 284 Å². The van der Waals surface area contributed by atoms with Gasteiger partial charge in [0.25, 0.3) is 0 Å². The van der Waals surface area contributed by atoms with Crippen LogP contribution in [0.2, 0.25) is 0 Å². The zero-order valence-electron chi connectivity index (χ0n) is 28.6. The third-order valence-electron chi connectivity index (χ3n) is 7.03. The number of benzene rings is 4. The Morgan fingerprint density at radius 1 is 0.604 bits per heavy atom. The number of carbonyl (C=O) groups is 2. The highest BCUT2D eigenvalue weighted by Crippen LogP contribution is 2.32. The molecule has 48 heavy (non-hydrogen) atoms. The minimum absolute atomic E-state index is 0.387. The normalized spacial score (nSPS) is 12.6. The molecule has 4 rings (SSSR count). The van der Waals surface area contributed by atoms with E-state index in [0.717, 1.165) is 22.3 Å². The molecule has 0 aliphatic heterocycles. The van der Waals surface area contributed by atoms with Crippen LogP contribution in [-0.2, 0) is 22.7 Å². The van der Waals surface area contributed by atoms with Crippen molar-refractivity contribution in [1.29, 1.82) is 0 Å². The summed E-state index contributed by atoms with van der Waals surface area (Å²) in [6.45, 7) is 15.4. The second-order valence-corrected chi connectivity index (χ2v) is 13.4. The molecule has 0 heterocycles. The highest BCUT2D eigenvalue weighted by molar-refractivity contribution is 5.71. The molecule has 0 radical (unpaired) electrons. The van der Waals surface area contributed by atoms with Crippen molar-refractivity contribution in [3.05, 3.63) is 138 Å². The minimum Gasteiger partial charge on any atom is -0.489 e. The van der Waals surface area contributed by atoms with E-state index in [0.29, 0.717) is 30.3 Å². The van der Waals surface area contributed by atoms with Crippen molar-refractivity contribution in [2.45, 2.75) is 78.0 Å². The lowest BCUT2D eigenvalue weighted by atomic mass is 9.93. The van der Waals surface area contributed by atoms with E-state index in [2.05, 4.69) is 17.2 Å². The zero-order chi connectivity index (χ0) is 34.7. The molecule has 0 unspecified atom stereocenters. The first-order valence-electron chi connectivity index (χ1n) is 16.0. The van der Waals surface area contributed by atoms with E-state index < -0.39 is 35.5 Å². The molecule has 0 fully saturated rings. The highest BCUT2D eigenvalue weighted by atomic mass is 16.6. The molecule has 0 saturated carbocycles. The van der Waals surface area contributed by atoms with Gasteiger partial charge in [0.05, 0.1) is 12.1 Å². The van der Waals surface area contributed by atoms with Crippen molar-refractivity contribution in [2.24, 2.45) is 0 Å². The van der Waals surface area contributed by atoms with Crippen LogP contribution in [0.3, 0.4) is 0 Å². The van der Waals surface area contributed by atoms with Gasteiger partial charge in [0.1, 0.15) is 35.9 Å². The molecule has 0 aliphatic carbocycles. The Morgan fingerprint density at radius 3 is 1.38 bits per heavy atom. The molecular weight excluding hydrogens is 604 g/mol. The topological polar surface area (TPSA) is 95.1 Å². The van der Waals surface area contributed by atoms with Gasteiger partial charge in [-0.05, 0) is 93.6 Å². The summed E-state index contributed by atoms with van der Waals surface area (Å²) < 4.78 is 23.3. The molecule has 8 heteroatoms. The van der Waals surface area contributed by atoms with Crippen molar-refractivity contribution >= 4 is 18.3 Å². The average Bonchev–Trinajstić information content (AvgIpc) is 3.04. The Bertz CT molecular complexity index is 1620. The van der Waals surface area contributed by atoms with Gasteiger partial charge in [0.15, 0.2) is 0 Å². The fraction of sp³-hybridized carbons (Fsp3) is 0.300. The summed E-state index contributed by atoms with van der Waals surface area (Å²) in [6, 6.07) is 31.2. The number of hydrogen-bond acceptors (Lipinski definition) is 6. The molecule has 4 aromatic carbocycles. The van der Waals surface area contributed by atoms with E-state index in [1.165, 1.54) is 0 Å². The maximum absolute atomic E-state index is 13.2. The fourth-order valence-electron chi connectivity index (χ4n) is 4.79. The summed E-state index contributed by atoms with van der Waals surface area (Å²) in [5.74, 6) is 1.31. The molecule has 2 atom stereocenters. The lowest BCUT2D eigenvalue weighted by molar-refractivity contribution is 0.0427. The first kappa shape index (κ1) is 35.6. The van der Waals surface area contributed by atoms with E-state index in [1.54, 1.807) is 47.6 Å². The molecular formula is C40H46N2O6. The molecule has 252 valence electrons. The lowest BCUT2D eigenvalue weighted by Crippen LogP contribution is -2.44. The second-order valence-electron chi connectivity index (χ2n) is 13.4. The Morgan fingerprint density at radius 2 is 1.00 bits per heavy atom. The van der Waals surface area contributed by atoms with Gasteiger partial charge in [-0.25, -0.2) is 9.59 Å². The summed E-state index contributed by atoms with van der Waals surface area (Å²) in [5.41, 5.74) is 3.07. The SMILES string of the molecule is C=Cc1ccc(COc2ccc([C@@H](NC(=O)OC(C)(C)C)[C@H](NC(=O)OC(C)(C)C)c3ccc(OCc4ccccc4)cc3)cc2)cc1. The zero-order valence-corrected chi connectivity index (χ0v) is 28.6. The van der Waals surface area contributed by atoms with Crippen molar-refractivity contribution in [3.8, 4) is 11.5 Å². The van der Waals surface area contributed by atoms with Gasteiger partial charge in [-0.15, -0.1) is 0 Å². The standard InChI is InChI=1S/C40H46N2O6/c1-8-28-14-16-30(17-15-28)27-46-34-24-20-32(21-25-34)36(42-38(44)48-40(5,6)7)35(41-37(43)47-39(2,3)4)31-18-22-33(23-19-31)45-26-29-12-10-9-11-13-29/h8-25,35-36H,1,26-27H2,2-7H3,(H,41,43)(H,42,44)/t35-,36-/m1/s1. The van der Waals surface area contributed by atoms with Crippen LogP contribution in [0.15, 0.2) is 110 Å². The third-order valence-corrected chi connectivity index (χ3v) is 7.03. The number of alkyl carbamates (subject to hydrolysis) is 2. The lowest BCUT2D eigenvalue weighted by Gasteiger charge is -2.32. The molecule has 0 aliphatic rings. The maximum atomic E-state index is 13.2. The van der Waals surface area contributed by atoms with Crippen LogP contribution in [0.1, 0.15) is 81.4 Å². The van der Waals surface area contributed by atoms with Crippen molar-refractivity contribution < 1.29 is 28.5 Å². The number of nitrogens with one attached hydrogen (secondary N) is 2. The van der Waals surface area contributed by atoms with Crippen LogP contribution in [0.4, 0.5) is 9.59 Å². The van der Waals surface area contributed by atoms with Gasteiger partial charge >= 0.3 is 12.2 Å². The van der Waals surface area contributed by atoms with E-state index in [-0.39, 0.29) is 0 Å². The summed E-state index contributed by atoms with van der Waals surface area (Å²) >= 11 is 0. The predicted molar refractivity (Wildman–Crippen MR) is 189 cm³/mol. The van der Waals surface area contributed by atoms with Crippen molar-refractivity contribution in [1.82, 2.24) is 10.6 Å². The van der Waals surface area contributed by atoms with Crippen LogP contribution in [0, 0.1) is 0 Å². The van der Waals surface area contributed by atoms with Gasteiger partial charge in [-0.1, -0.05) is 91.5 Å². The van der Waals surface area contributed by atoms with Crippen LogP contribution >= 0.6 is 0 Å². The van der Waals surface area contributed by atoms with Crippen LogP contribution in [-0.4, -0.2) is 23.4 Å². The van der Waals surface area contributed by atoms with E-state index in [1.807, 2.05) is 103 Å². The maximum Gasteiger partial charge on any atom is 0.408 e.